The molecule has 4 nitrogen and oxygen atoms in total. The Kier molecular flexibility index (Phi) is 4.49. The van der Waals surface area contributed by atoms with Gasteiger partial charge in [-0.2, -0.15) is 0 Å². The van der Waals surface area contributed by atoms with Crippen molar-refractivity contribution in [3.05, 3.63) is 17.5 Å². The predicted molar refractivity (Wildman–Crippen MR) is 52.0 cm³/mol. The lowest BCUT2D eigenvalue weighted by atomic mass is 10.5. The molecule has 0 unspecified atom stereocenters. The van der Waals surface area contributed by atoms with Gasteiger partial charge in [0.05, 0.1) is 6.61 Å². The smallest absolute Gasteiger partial charge is 0.224 e. The Hall–Kier alpha value is -0.870. The molecule has 0 aliphatic rings. The van der Waals surface area contributed by atoms with Crippen molar-refractivity contribution in [2.75, 3.05) is 25.1 Å². The molecule has 0 saturated carbocycles. The number of aromatic nitrogens is 2. The molecular formula is C8H12ClN3O. The first-order valence-corrected chi connectivity index (χ1v) is 4.51. The summed E-state index contributed by atoms with van der Waals surface area (Å²) >= 11 is 5.59. The summed E-state index contributed by atoms with van der Waals surface area (Å²) in [5, 5.41) is 3.31. The van der Waals surface area contributed by atoms with Crippen molar-refractivity contribution in [1.82, 2.24) is 9.97 Å². The van der Waals surface area contributed by atoms with Gasteiger partial charge in [0.2, 0.25) is 5.28 Å². The molecule has 1 rings (SSSR count). The van der Waals surface area contributed by atoms with Gasteiger partial charge in [0.1, 0.15) is 5.82 Å². The quantitative estimate of drug-likeness (QED) is 0.581. The Morgan fingerprint density at radius 2 is 2.46 bits per heavy atom. The third-order valence-electron chi connectivity index (χ3n) is 1.38. The normalized spacial score (nSPS) is 10.0. The molecular weight excluding hydrogens is 190 g/mol. The summed E-state index contributed by atoms with van der Waals surface area (Å²) < 4.78 is 5.15. The highest BCUT2D eigenvalue weighted by Crippen LogP contribution is 2.04. The molecule has 0 aliphatic heterocycles. The van der Waals surface area contributed by atoms with Gasteiger partial charge < -0.3 is 10.1 Å². The zero-order valence-corrected chi connectivity index (χ0v) is 8.21. The van der Waals surface area contributed by atoms with Gasteiger partial charge in [-0.3, -0.25) is 0 Å². The van der Waals surface area contributed by atoms with E-state index in [1.54, 1.807) is 12.3 Å². The topological polar surface area (TPSA) is 47.0 Å². The first-order chi connectivity index (χ1) is 6.33. The van der Waals surface area contributed by atoms with E-state index in [9.17, 15) is 0 Å². The van der Waals surface area contributed by atoms with E-state index >= 15 is 0 Å². The average molecular weight is 202 g/mol. The molecule has 0 atom stereocenters. The van der Waals surface area contributed by atoms with Crippen LogP contribution < -0.4 is 5.32 Å². The van der Waals surface area contributed by atoms with Gasteiger partial charge in [-0.05, 0) is 24.6 Å². The van der Waals surface area contributed by atoms with E-state index in [1.807, 2.05) is 6.92 Å². The first-order valence-electron chi connectivity index (χ1n) is 4.13. The van der Waals surface area contributed by atoms with E-state index in [2.05, 4.69) is 15.3 Å². The summed E-state index contributed by atoms with van der Waals surface area (Å²) in [5.41, 5.74) is 0. The maximum absolute atomic E-state index is 5.59. The molecule has 1 heterocycles. The van der Waals surface area contributed by atoms with Gasteiger partial charge in [-0.25, -0.2) is 9.97 Å². The second-order valence-electron chi connectivity index (χ2n) is 2.33. The van der Waals surface area contributed by atoms with E-state index in [0.29, 0.717) is 6.61 Å². The van der Waals surface area contributed by atoms with E-state index < -0.39 is 0 Å². The highest BCUT2D eigenvalue weighted by molar-refractivity contribution is 6.28. The number of nitrogens with zero attached hydrogens (tertiary/aromatic N) is 2. The Bertz CT molecular complexity index is 257. The maximum Gasteiger partial charge on any atom is 0.224 e. The van der Waals surface area contributed by atoms with Crippen molar-refractivity contribution >= 4 is 17.4 Å². The zero-order chi connectivity index (χ0) is 9.52. The van der Waals surface area contributed by atoms with Crippen LogP contribution in [0.2, 0.25) is 5.28 Å². The fourth-order valence-electron chi connectivity index (χ4n) is 0.829. The van der Waals surface area contributed by atoms with Crippen molar-refractivity contribution < 1.29 is 4.74 Å². The Labute approximate surface area is 82.3 Å². The standard InChI is InChI=1S/C8H12ClN3O/c1-2-13-6-5-10-7-3-4-11-8(9)12-7/h3-4H,2,5-6H2,1H3,(H,10,11,12). The molecule has 72 valence electrons. The number of anilines is 1. The summed E-state index contributed by atoms with van der Waals surface area (Å²) in [7, 11) is 0. The van der Waals surface area contributed by atoms with Crippen LogP contribution in [0, 0.1) is 0 Å². The number of halogens is 1. The number of nitrogens with one attached hydrogen (secondary N) is 1. The Balaban J connectivity index is 2.28. The second-order valence-corrected chi connectivity index (χ2v) is 2.67. The van der Waals surface area contributed by atoms with Crippen LogP contribution in [0.15, 0.2) is 12.3 Å². The van der Waals surface area contributed by atoms with Crippen LogP contribution in [0.5, 0.6) is 0 Å². The molecule has 1 N–H and O–H groups in total. The molecule has 0 bridgehead atoms. The molecule has 13 heavy (non-hydrogen) atoms. The maximum atomic E-state index is 5.59. The van der Waals surface area contributed by atoms with E-state index in [-0.39, 0.29) is 5.28 Å². The average Bonchev–Trinajstić information content (AvgIpc) is 2.13. The van der Waals surface area contributed by atoms with Crippen molar-refractivity contribution in [2.24, 2.45) is 0 Å². The van der Waals surface area contributed by atoms with E-state index in [4.69, 9.17) is 16.3 Å². The SMILES string of the molecule is CCOCCNc1ccnc(Cl)n1. The van der Waals surface area contributed by atoms with E-state index in [1.165, 1.54) is 0 Å². The van der Waals surface area contributed by atoms with Crippen LogP contribution in [0.1, 0.15) is 6.92 Å². The minimum Gasteiger partial charge on any atom is -0.380 e. The summed E-state index contributed by atoms with van der Waals surface area (Å²) in [4.78, 5) is 7.73. The lowest BCUT2D eigenvalue weighted by Crippen LogP contribution is -2.10. The van der Waals surface area contributed by atoms with Crippen molar-refractivity contribution in [3.63, 3.8) is 0 Å². The zero-order valence-electron chi connectivity index (χ0n) is 7.46. The second kappa shape index (κ2) is 5.72. The van der Waals surface area contributed by atoms with Gasteiger partial charge in [0, 0.05) is 19.3 Å². The first kappa shape index (κ1) is 10.2. The minimum absolute atomic E-state index is 0.251. The lowest BCUT2D eigenvalue weighted by molar-refractivity contribution is 0.158. The fraction of sp³-hybridized carbons (Fsp3) is 0.500. The molecule has 5 heteroatoms. The van der Waals surface area contributed by atoms with Gasteiger partial charge in [-0.15, -0.1) is 0 Å². The molecule has 0 aliphatic carbocycles. The number of hydrogen-bond acceptors (Lipinski definition) is 4. The largest absolute Gasteiger partial charge is 0.380 e. The fourth-order valence-corrected chi connectivity index (χ4v) is 0.976. The number of ether oxygens (including phenoxy) is 1. The lowest BCUT2D eigenvalue weighted by Gasteiger charge is -2.04. The predicted octanol–water partition coefficient (Wildman–Crippen LogP) is 1.58. The van der Waals surface area contributed by atoms with Crippen molar-refractivity contribution in [3.8, 4) is 0 Å². The van der Waals surface area contributed by atoms with Crippen LogP contribution in [0.4, 0.5) is 5.82 Å². The molecule has 0 spiro atoms. The molecule has 0 saturated heterocycles. The molecule has 0 radical (unpaired) electrons. The van der Waals surface area contributed by atoms with Crippen LogP contribution in [0.3, 0.4) is 0 Å². The van der Waals surface area contributed by atoms with Crippen LogP contribution >= 0.6 is 11.6 Å². The van der Waals surface area contributed by atoms with Crippen molar-refractivity contribution in [1.29, 1.82) is 0 Å². The summed E-state index contributed by atoms with van der Waals surface area (Å²) in [6.45, 7) is 4.08. The third-order valence-corrected chi connectivity index (χ3v) is 1.56. The Morgan fingerprint density at radius 1 is 1.62 bits per heavy atom. The van der Waals surface area contributed by atoms with Gasteiger partial charge >= 0.3 is 0 Å². The third kappa shape index (κ3) is 4.05. The summed E-state index contributed by atoms with van der Waals surface area (Å²) in [6.07, 6.45) is 1.61. The van der Waals surface area contributed by atoms with Gasteiger partial charge in [0.15, 0.2) is 0 Å². The van der Waals surface area contributed by atoms with Gasteiger partial charge in [-0.1, -0.05) is 0 Å². The molecule has 1 aromatic heterocycles. The monoisotopic (exact) mass is 201 g/mol. The molecule has 0 fully saturated rings. The van der Waals surface area contributed by atoms with E-state index in [0.717, 1.165) is 19.0 Å². The number of rotatable bonds is 5. The molecule has 1 aromatic rings. The van der Waals surface area contributed by atoms with Crippen LogP contribution in [-0.2, 0) is 4.74 Å². The Morgan fingerprint density at radius 3 is 3.15 bits per heavy atom. The molecule has 0 amide bonds. The van der Waals surface area contributed by atoms with Gasteiger partial charge in [0.25, 0.3) is 0 Å². The number of hydrogen-bond donors (Lipinski definition) is 1. The summed E-state index contributed by atoms with van der Waals surface area (Å²) in [5.74, 6) is 0.722. The van der Waals surface area contributed by atoms with Crippen LogP contribution in [0.25, 0.3) is 0 Å². The summed E-state index contributed by atoms with van der Waals surface area (Å²) in [6, 6.07) is 1.76. The van der Waals surface area contributed by atoms with Crippen molar-refractivity contribution in [2.45, 2.75) is 6.92 Å². The highest BCUT2D eigenvalue weighted by Gasteiger charge is 1.94. The molecule has 0 aromatic carbocycles. The van der Waals surface area contributed by atoms with Crippen LogP contribution in [-0.4, -0.2) is 29.7 Å². The minimum atomic E-state index is 0.251. The highest BCUT2D eigenvalue weighted by atomic mass is 35.5.